The van der Waals surface area contributed by atoms with Gasteiger partial charge in [-0.3, -0.25) is 0 Å². The van der Waals surface area contributed by atoms with Crippen LogP contribution in [0.3, 0.4) is 0 Å². The molecule has 3 heteroatoms. The van der Waals surface area contributed by atoms with Crippen LogP contribution in [-0.4, -0.2) is 29.0 Å². The van der Waals surface area contributed by atoms with E-state index in [9.17, 15) is 5.21 Å². The van der Waals surface area contributed by atoms with Crippen LogP contribution in [-0.2, 0) is 11.3 Å². The number of hydrogen-bond donors (Lipinski definition) is 1. The Bertz CT molecular complexity index is 716. The highest BCUT2D eigenvalue weighted by Crippen LogP contribution is 2.18. The van der Waals surface area contributed by atoms with Crippen molar-refractivity contribution in [3.63, 3.8) is 0 Å². The molecule has 0 bridgehead atoms. The predicted octanol–water partition coefficient (Wildman–Crippen LogP) is 5.00. The molecule has 0 aliphatic heterocycles. The largest absolute Gasteiger partial charge is 0.375 e. The molecule has 0 saturated carbocycles. The fourth-order valence-electron chi connectivity index (χ4n) is 2.87. The molecule has 0 spiro atoms. The van der Waals surface area contributed by atoms with Crippen molar-refractivity contribution in [3.8, 4) is 11.8 Å². The van der Waals surface area contributed by atoms with Gasteiger partial charge in [0.2, 0.25) is 0 Å². The first-order valence-electron chi connectivity index (χ1n) is 9.64. The molecule has 0 saturated heterocycles. The van der Waals surface area contributed by atoms with Gasteiger partial charge in [-0.1, -0.05) is 88.1 Å². The van der Waals surface area contributed by atoms with Gasteiger partial charge in [0.15, 0.2) is 0 Å². The third-order valence-corrected chi connectivity index (χ3v) is 4.56. The van der Waals surface area contributed by atoms with Crippen LogP contribution >= 0.6 is 0 Å². The zero-order valence-electron chi connectivity index (χ0n) is 16.8. The quantitative estimate of drug-likeness (QED) is 0.528. The summed E-state index contributed by atoms with van der Waals surface area (Å²) >= 11 is 0. The lowest BCUT2D eigenvalue weighted by Gasteiger charge is -2.34. The lowest BCUT2D eigenvalue weighted by Crippen LogP contribution is -2.47. The molecule has 0 amide bonds. The number of hydrogen-bond acceptors (Lipinski definition) is 3. The highest BCUT2D eigenvalue weighted by Gasteiger charge is 2.28. The van der Waals surface area contributed by atoms with Gasteiger partial charge in [0.1, 0.15) is 0 Å². The molecule has 27 heavy (non-hydrogen) atoms. The Hall–Kier alpha value is -2.12. The minimum absolute atomic E-state index is 0.119. The Morgan fingerprint density at radius 2 is 1.48 bits per heavy atom. The zero-order chi connectivity index (χ0) is 19.6. The second kappa shape index (κ2) is 10.9. The van der Waals surface area contributed by atoms with Crippen molar-refractivity contribution in [2.24, 2.45) is 11.8 Å². The minimum Gasteiger partial charge on any atom is -0.375 e. The summed E-state index contributed by atoms with van der Waals surface area (Å²) in [5.41, 5.74) is 2.09. The van der Waals surface area contributed by atoms with E-state index >= 15 is 0 Å². The molecule has 2 aromatic carbocycles. The molecule has 2 aromatic rings. The van der Waals surface area contributed by atoms with Crippen molar-refractivity contribution in [2.45, 2.75) is 46.4 Å². The lowest BCUT2D eigenvalue weighted by molar-refractivity contribution is -0.180. The third kappa shape index (κ3) is 6.84. The van der Waals surface area contributed by atoms with E-state index in [-0.39, 0.29) is 23.9 Å². The lowest BCUT2D eigenvalue weighted by atomic mass is 9.98. The number of nitrogens with zero attached hydrogens (tertiary/aromatic N) is 1. The van der Waals surface area contributed by atoms with Gasteiger partial charge in [-0.05, 0) is 29.5 Å². The van der Waals surface area contributed by atoms with E-state index in [2.05, 4.69) is 39.5 Å². The average Bonchev–Trinajstić information content (AvgIpc) is 2.66. The summed E-state index contributed by atoms with van der Waals surface area (Å²) in [7, 11) is 0. The third-order valence-electron chi connectivity index (χ3n) is 4.56. The summed E-state index contributed by atoms with van der Waals surface area (Å²) in [6, 6.07) is 19.6. The van der Waals surface area contributed by atoms with Crippen molar-refractivity contribution in [1.29, 1.82) is 0 Å². The second-order valence-corrected chi connectivity index (χ2v) is 7.52. The SMILES string of the molecule is CC(C)C(C#Cc1ccccc1)N(O)[C@H](COCc1ccccc1)C(C)C. The van der Waals surface area contributed by atoms with Gasteiger partial charge in [-0.15, -0.1) is 0 Å². The Kier molecular flexibility index (Phi) is 8.54. The van der Waals surface area contributed by atoms with E-state index in [1.807, 2.05) is 60.7 Å². The highest BCUT2D eigenvalue weighted by atomic mass is 16.5. The van der Waals surface area contributed by atoms with Crippen molar-refractivity contribution >= 4 is 0 Å². The van der Waals surface area contributed by atoms with Gasteiger partial charge in [0, 0.05) is 5.56 Å². The molecule has 1 unspecified atom stereocenters. The van der Waals surface area contributed by atoms with Crippen molar-refractivity contribution in [3.05, 3.63) is 71.8 Å². The molecule has 0 fully saturated rings. The number of ether oxygens (including phenoxy) is 1. The molecule has 0 heterocycles. The Labute approximate surface area is 163 Å². The molecule has 3 nitrogen and oxygen atoms in total. The Balaban J connectivity index is 2.05. The smallest absolute Gasteiger partial charge is 0.0987 e. The van der Waals surface area contributed by atoms with Crippen LogP contribution in [0.2, 0.25) is 0 Å². The topological polar surface area (TPSA) is 32.7 Å². The van der Waals surface area contributed by atoms with E-state index in [0.717, 1.165) is 11.1 Å². The fourth-order valence-corrected chi connectivity index (χ4v) is 2.87. The van der Waals surface area contributed by atoms with Gasteiger partial charge in [-0.25, -0.2) is 0 Å². The molecule has 2 rings (SSSR count). The molecule has 144 valence electrons. The molecule has 0 aliphatic rings. The first-order valence-corrected chi connectivity index (χ1v) is 9.64. The van der Waals surface area contributed by atoms with Crippen LogP contribution in [0, 0.1) is 23.7 Å². The number of benzene rings is 2. The van der Waals surface area contributed by atoms with Crippen LogP contribution in [0.15, 0.2) is 60.7 Å². The summed E-state index contributed by atoms with van der Waals surface area (Å²) in [5.74, 6) is 6.88. The first kappa shape index (κ1) is 21.2. The average molecular weight is 366 g/mol. The van der Waals surface area contributed by atoms with Crippen molar-refractivity contribution < 1.29 is 9.94 Å². The highest BCUT2D eigenvalue weighted by molar-refractivity contribution is 5.34. The maximum absolute atomic E-state index is 10.9. The second-order valence-electron chi connectivity index (χ2n) is 7.52. The molecular weight excluding hydrogens is 334 g/mol. The van der Waals surface area contributed by atoms with Crippen molar-refractivity contribution in [2.75, 3.05) is 6.61 Å². The van der Waals surface area contributed by atoms with E-state index in [1.54, 1.807) is 0 Å². The molecule has 0 aromatic heterocycles. The van der Waals surface area contributed by atoms with Crippen LogP contribution in [0.1, 0.15) is 38.8 Å². The summed E-state index contributed by atoms with van der Waals surface area (Å²) in [6.07, 6.45) is 0. The molecular formula is C24H31NO2. The van der Waals surface area contributed by atoms with Crippen LogP contribution in [0.4, 0.5) is 0 Å². The van der Waals surface area contributed by atoms with E-state index in [0.29, 0.717) is 13.2 Å². The molecule has 0 radical (unpaired) electrons. The first-order chi connectivity index (χ1) is 13.0. The summed E-state index contributed by atoms with van der Waals surface area (Å²) < 4.78 is 5.91. The maximum atomic E-state index is 10.9. The van der Waals surface area contributed by atoms with Crippen LogP contribution < -0.4 is 0 Å². The number of hydroxylamine groups is 2. The Morgan fingerprint density at radius 3 is 2.04 bits per heavy atom. The maximum Gasteiger partial charge on any atom is 0.0987 e. The molecule has 0 aliphatic carbocycles. The van der Waals surface area contributed by atoms with Gasteiger partial charge < -0.3 is 9.94 Å². The standard InChI is InChI=1S/C24H31NO2/c1-19(2)23(16-15-21-11-7-5-8-12-21)25(26)24(20(3)4)18-27-17-22-13-9-6-10-14-22/h5-14,19-20,23-24,26H,17-18H2,1-4H3/t23?,24-/m1/s1. The normalized spacial score (nSPS) is 13.5. The monoisotopic (exact) mass is 365 g/mol. The Morgan fingerprint density at radius 1 is 0.889 bits per heavy atom. The van der Waals surface area contributed by atoms with Crippen LogP contribution in [0.25, 0.3) is 0 Å². The van der Waals surface area contributed by atoms with E-state index in [4.69, 9.17) is 4.74 Å². The minimum atomic E-state index is -0.252. The molecule has 1 N–H and O–H groups in total. The van der Waals surface area contributed by atoms with Gasteiger partial charge in [-0.2, -0.15) is 5.06 Å². The van der Waals surface area contributed by atoms with Crippen molar-refractivity contribution in [1.82, 2.24) is 5.06 Å². The molecule has 2 atom stereocenters. The summed E-state index contributed by atoms with van der Waals surface area (Å²) in [4.78, 5) is 0. The van der Waals surface area contributed by atoms with Gasteiger partial charge in [0.25, 0.3) is 0 Å². The van der Waals surface area contributed by atoms with E-state index < -0.39 is 0 Å². The summed E-state index contributed by atoms with van der Waals surface area (Å²) in [6.45, 7) is 9.36. The predicted molar refractivity (Wildman–Crippen MR) is 110 cm³/mol. The summed E-state index contributed by atoms with van der Waals surface area (Å²) in [5, 5.41) is 12.3. The van der Waals surface area contributed by atoms with Gasteiger partial charge in [0.05, 0.1) is 25.3 Å². The van der Waals surface area contributed by atoms with E-state index in [1.165, 1.54) is 5.06 Å². The van der Waals surface area contributed by atoms with Crippen LogP contribution in [0.5, 0.6) is 0 Å². The fraction of sp³-hybridized carbons (Fsp3) is 0.417. The number of rotatable bonds is 8. The zero-order valence-corrected chi connectivity index (χ0v) is 16.8. The van der Waals surface area contributed by atoms with Gasteiger partial charge >= 0.3 is 0 Å².